The molecular formula is C33H69N3O7Si4. The number of aromatic nitrogens is 2. The number of ether oxygens (including phenoxy) is 1. The Hall–Kier alpha value is -0.692. The quantitative estimate of drug-likeness (QED) is 0.0921. The van der Waals surface area contributed by atoms with E-state index in [0.717, 1.165) is 0 Å². The number of anilines is 1. The van der Waals surface area contributed by atoms with Gasteiger partial charge in [0.15, 0.2) is 12.3 Å². The van der Waals surface area contributed by atoms with Gasteiger partial charge < -0.3 is 15.6 Å². The summed E-state index contributed by atoms with van der Waals surface area (Å²) in [6.45, 7) is 36.7. The molecule has 1 aromatic heterocycles. The van der Waals surface area contributed by atoms with Crippen LogP contribution in [0.25, 0.3) is 0 Å². The molecule has 0 radical (unpaired) electrons. The summed E-state index contributed by atoms with van der Waals surface area (Å²) in [7, 11) is -7.77. The third kappa shape index (κ3) is 8.97. The van der Waals surface area contributed by atoms with E-state index in [9.17, 15) is 9.90 Å². The van der Waals surface area contributed by atoms with Crippen LogP contribution in [-0.2, 0) is 23.7 Å². The Morgan fingerprint density at radius 3 is 1.62 bits per heavy atom. The number of nitrogens with zero attached hydrogens (tertiary/aromatic N) is 2. The lowest BCUT2D eigenvalue weighted by Crippen LogP contribution is -2.62. The summed E-state index contributed by atoms with van der Waals surface area (Å²) in [6, 6.07) is 1.52. The van der Waals surface area contributed by atoms with E-state index < -0.39 is 62.5 Å². The lowest BCUT2D eigenvalue weighted by molar-refractivity contribution is -0.296. The van der Waals surface area contributed by atoms with Crippen molar-refractivity contribution < 1.29 is 28.8 Å². The van der Waals surface area contributed by atoms with Crippen molar-refractivity contribution in [1.82, 2.24) is 9.55 Å². The zero-order valence-corrected chi connectivity index (χ0v) is 36.6. The number of hydrogen-bond acceptors (Lipinski definition) is 9. The molecule has 0 unspecified atom stereocenters. The third-order valence-electron chi connectivity index (χ3n) is 10.7. The fourth-order valence-corrected chi connectivity index (χ4v) is 46.5. The Kier molecular flexibility index (Phi) is 15.8. The van der Waals surface area contributed by atoms with Gasteiger partial charge in [0.1, 0.15) is 24.6 Å². The number of rotatable bonds is 18. The van der Waals surface area contributed by atoms with Crippen LogP contribution in [0, 0.1) is 0 Å². The van der Waals surface area contributed by atoms with Crippen molar-refractivity contribution in [3.63, 3.8) is 0 Å². The van der Waals surface area contributed by atoms with Crippen LogP contribution in [0.4, 0.5) is 5.82 Å². The van der Waals surface area contributed by atoms with Gasteiger partial charge in [-0.1, -0.05) is 133 Å². The SMILES string of the molecule is CC(C)[SiH](C(C)C)[Si](OOC[C@H]1O[C@@H](n2ccc(N)nc2=O)[C@@H](O)[C@@H]1OO[Si](C(C)C)(C(C)C)[SiH](C(C)C)C(C)C)(C(C)C)C(C)C. The van der Waals surface area contributed by atoms with E-state index in [0.29, 0.717) is 44.3 Å². The maximum absolute atomic E-state index is 12.9. The summed E-state index contributed by atoms with van der Waals surface area (Å²) < 4.78 is 21.2. The van der Waals surface area contributed by atoms with Gasteiger partial charge in [0.2, 0.25) is 15.7 Å². The van der Waals surface area contributed by atoms with Crippen molar-refractivity contribution in [2.45, 2.75) is 180 Å². The van der Waals surface area contributed by atoms with Crippen molar-refractivity contribution in [2.24, 2.45) is 0 Å². The van der Waals surface area contributed by atoms with Gasteiger partial charge >= 0.3 is 5.69 Å². The van der Waals surface area contributed by atoms with Crippen LogP contribution >= 0.6 is 0 Å². The minimum Gasteiger partial charge on any atom is -0.385 e. The molecule has 0 amide bonds. The predicted octanol–water partition coefficient (Wildman–Crippen LogP) is 7.13. The molecule has 1 fully saturated rings. The highest BCUT2D eigenvalue weighted by molar-refractivity contribution is 7.32. The van der Waals surface area contributed by atoms with Crippen molar-refractivity contribution in [2.75, 3.05) is 12.3 Å². The van der Waals surface area contributed by atoms with Crippen LogP contribution in [0.15, 0.2) is 17.1 Å². The van der Waals surface area contributed by atoms with E-state index >= 15 is 0 Å². The van der Waals surface area contributed by atoms with Gasteiger partial charge in [-0.05, 0) is 28.2 Å². The molecule has 1 aliphatic rings. The Balaban J connectivity index is 2.54. The predicted molar refractivity (Wildman–Crippen MR) is 202 cm³/mol. The van der Waals surface area contributed by atoms with Crippen LogP contribution in [0.2, 0.25) is 44.3 Å². The normalized spacial score (nSPS) is 21.6. The number of aliphatic hydroxyl groups excluding tert-OH is 1. The van der Waals surface area contributed by atoms with E-state index in [1.807, 2.05) is 0 Å². The fraction of sp³-hybridized carbons (Fsp3) is 0.879. The van der Waals surface area contributed by atoms with Crippen LogP contribution in [0.5, 0.6) is 0 Å². The first-order chi connectivity index (χ1) is 21.7. The Morgan fingerprint density at radius 2 is 1.23 bits per heavy atom. The molecule has 274 valence electrons. The lowest BCUT2D eigenvalue weighted by atomic mass is 10.1. The van der Waals surface area contributed by atoms with E-state index in [1.165, 1.54) is 16.8 Å². The van der Waals surface area contributed by atoms with Crippen molar-refractivity contribution in [1.29, 1.82) is 0 Å². The summed E-state index contributed by atoms with van der Waals surface area (Å²) in [5.74, 6) is 0.101. The Morgan fingerprint density at radius 1 is 0.809 bits per heavy atom. The zero-order valence-electron chi connectivity index (χ0n) is 32.3. The highest BCUT2D eigenvalue weighted by Gasteiger charge is 2.57. The van der Waals surface area contributed by atoms with Gasteiger partial charge in [-0.25, -0.2) is 14.6 Å². The van der Waals surface area contributed by atoms with E-state index in [4.69, 9.17) is 29.4 Å². The topological polar surface area (TPSA) is 127 Å². The van der Waals surface area contributed by atoms with Crippen molar-refractivity contribution in [3.8, 4) is 0 Å². The molecule has 3 N–H and O–H groups in total. The first-order valence-electron chi connectivity index (χ1n) is 18.0. The molecule has 4 atom stereocenters. The molecule has 2 rings (SSSR count). The summed E-state index contributed by atoms with van der Waals surface area (Å²) in [5.41, 5.74) is 8.64. The van der Waals surface area contributed by atoms with Crippen LogP contribution in [0.1, 0.15) is 117 Å². The standard InChI is InChI=1S/C33H69N3O7Si4/c1-20(2)44(21(3)4)46(24(9)10,25(11)12)42-39-19-28-31(30(37)32(40-28)36-18-17-29(34)35-33(36)38)41-43-47(26(13)14,27(15)16)45(22(5)6)23(7)8/h17-18,20-28,30-32,37,44-45H,19H2,1-16H3,(H2,34,35,38)/t28-,30+,31-,32-/m1/s1. The average Bonchev–Trinajstić information content (AvgIpc) is 3.22. The Bertz CT molecular complexity index is 1130. The largest absolute Gasteiger partial charge is 0.385 e. The van der Waals surface area contributed by atoms with Gasteiger partial charge in [-0.3, -0.25) is 13.7 Å². The molecule has 0 aliphatic carbocycles. The minimum atomic E-state index is -2.49. The summed E-state index contributed by atoms with van der Waals surface area (Å²) in [4.78, 5) is 29.5. The molecule has 2 heterocycles. The number of hydrogen-bond donors (Lipinski definition) is 2. The maximum atomic E-state index is 12.9. The smallest absolute Gasteiger partial charge is 0.351 e. The van der Waals surface area contributed by atoms with E-state index in [1.54, 1.807) is 0 Å². The van der Waals surface area contributed by atoms with Crippen molar-refractivity contribution in [3.05, 3.63) is 22.7 Å². The molecule has 1 aromatic rings. The first kappa shape index (κ1) is 42.5. The number of nitrogens with two attached hydrogens (primary N) is 1. The van der Waals surface area contributed by atoms with Crippen LogP contribution in [0.3, 0.4) is 0 Å². The van der Waals surface area contributed by atoms with Crippen LogP contribution in [-0.4, -0.2) is 71.9 Å². The van der Waals surface area contributed by atoms with Crippen LogP contribution < -0.4 is 11.4 Å². The monoisotopic (exact) mass is 731 g/mol. The third-order valence-corrected chi connectivity index (χ3v) is 49.4. The molecule has 1 saturated heterocycles. The van der Waals surface area contributed by atoms with E-state index in [-0.39, 0.29) is 12.4 Å². The van der Waals surface area contributed by atoms with Crippen molar-refractivity contribution >= 4 is 38.1 Å². The molecule has 0 bridgehead atoms. The van der Waals surface area contributed by atoms with Gasteiger partial charge in [-0.15, -0.1) is 0 Å². The Labute approximate surface area is 290 Å². The second-order valence-electron chi connectivity index (χ2n) is 16.5. The van der Waals surface area contributed by atoms with E-state index in [2.05, 4.69) is 116 Å². The first-order valence-corrected chi connectivity index (χ1v) is 28.4. The molecule has 10 nitrogen and oxygen atoms in total. The number of aliphatic hydroxyl groups is 1. The van der Waals surface area contributed by atoms with Gasteiger partial charge in [0.25, 0.3) is 0 Å². The van der Waals surface area contributed by atoms with Gasteiger partial charge in [0, 0.05) is 6.20 Å². The summed E-state index contributed by atoms with van der Waals surface area (Å²) in [6.07, 6.45) is -2.45. The molecule has 47 heavy (non-hydrogen) atoms. The zero-order chi connectivity index (χ0) is 36.2. The second-order valence-corrected chi connectivity index (χ2v) is 41.7. The summed E-state index contributed by atoms with van der Waals surface area (Å²) in [5, 5.41) is 11.8. The molecule has 14 heteroatoms. The molecule has 0 saturated carbocycles. The lowest BCUT2D eigenvalue weighted by Gasteiger charge is -2.46. The number of nitrogen functional groups attached to an aromatic ring is 1. The van der Waals surface area contributed by atoms with Gasteiger partial charge in [0.05, 0.1) is 16.6 Å². The fourth-order valence-electron chi connectivity index (χ4n) is 9.16. The molecule has 1 aliphatic heterocycles. The molecule has 0 aromatic carbocycles. The minimum absolute atomic E-state index is 0.0252. The summed E-state index contributed by atoms with van der Waals surface area (Å²) >= 11 is 0. The average molecular weight is 732 g/mol. The molecule has 0 spiro atoms. The highest BCUT2D eigenvalue weighted by Crippen LogP contribution is 2.46. The van der Waals surface area contributed by atoms with Gasteiger partial charge in [-0.2, -0.15) is 4.98 Å². The molecular weight excluding hydrogens is 663 g/mol. The maximum Gasteiger partial charge on any atom is 0.351 e. The highest BCUT2D eigenvalue weighted by atomic mass is 29.2. The second kappa shape index (κ2) is 17.5.